The van der Waals surface area contributed by atoms with Crippen molar-refractivity contribution in [2.24, 2.45) is 0 Å². The van der Waals surface area contributed by atoms with Crippen molar-refractivity contribution in [3.05, 3.63) is 0 Å². The number of nitrogens with one attached hydrogen (secondary N) is 1. The van der Waals surface area contributed by atoms with Gasteiger partial charge in [-0.2, -0.15) is 0 Å². The molecule has 0 radical (unpaired) electrons. The number of rotatable bonds is 9. The van der Waals surface area contributed by atoms with E-state index in [1.54, 1.807) is 0 Å². The predicted molar refractivity (Wildman–Crippen MR) is 118 cm³/mol. The molecule has 0 saturated carbocycles. The second-order valence-corrected chi connectivity index (χ2v) is 9.28. The van der Waals surface area contributed by atoms with Crippen LogP contribution in [0.15, 0.2) is 0 Å². The second kappa shape index (κ2) is 13.5. The van der Waals surface area contributed by atoms with Crippen molar-refractivity contribution < 1.29 is 79.2 Å². The molecule has 0 aromatic rings. The van der Waals surface area contributed by atoms with Crippen LogP contribution in [0.3, 0.4) is 0 Å². The maximum Gasteiger partial charge on any atom is 0.217 e. The number of carbonyl (C=O) groups is 1. The van der Waals surface area contributed by atoms with Gasteiger partial charge >= 0.3 is 0 Å². The van der Waals surface area contributed by atoms with Crippen molar-refractivity contribution in [3.8, 4) is 0 Å². The average Bonchev–Trinajstić information content (AvgIpc) is 2.89. The lowest BCUT2D eigenvalue weighted by Crippen LogP contribution is -2.69. The molecule has 3 aliphatic rings. The molecule has 3 aliphatic heterocycles. The molecule has 17 heteroatoms. The Bertz CT molecular complexity index is 763. The number of hydrogen-bond acceptors (Lipinski definition) is 16. The van der Waals surface area contributed by atoms with Crippen LogP contribution in [0, 0.1) is 0 Å². The first-order chi connectivity index (χ1) is 18.0. The predicted octanol–water partition coefficient (Wildman–Crippen LogP) is -6.78. The molecule has 1 amide bonds. The minimum atomic E-state index is -1.85. The molecule has 0 aromatic heterocycles. The van der Waals surface area contributed by atoms with E-state index in [2.05, 4.69) is 5.32 Å². The van der Waals surface area contributed by atoms with E-state index in [1.807, 2.05) is 0 Å². The molecule has 15 atom stereocenters. The van der Waals surface area contributed by atoms with E-state index >= 15 is 0 Å². The molecule has 38 heavy (non-hydrogen) atoms. The van der Waals surface area contributed by atoms with Crippen LogP contribution in [0.5, 0.6) is 0 Å². The van der Waals surface area contributed by atoms with E-state index in [0.29, 0.717) is 0 Å². The van der Waals surface area contributed by atoms with Crippen molar-refractivity contribution in [2.75, 3.05) is 26.9 Å². The van der Waals surface area contributed by atoms with Gasteiger partial charge in [0, 0.05) is 14.0 Å². The monoisotopic (exact) mass is 559 g/mol. The van der Waals surface area contributed by atoms with Crippen LogP contribution in [0.25, 0.3) is 0 Å². The van der Waals surface area contributed by atoms with Crippen LogP contribution in [0.2, 0.25) is 0 Å². The van der Waals surface area contributed by atoms with E-state index in [1.165, 1.54) is 7.11 Å². The van der Waals surface area contributed by atoms with Gasteiger partial charge in [0.2, 0.25) is 5.91 Å². The van der Waals surface area contributed by atoms with Gasteiger partial charge in [-0.05, 0) is 0 Å². The van der Waals surface area contributed by atoms with Gasteiger partial charge < -0.3 is 79.7 Å². The highest BCUT2D eigenvalue weighted by atomic mass is 16.7. The normalized spacial score (nSPS) is 48.0. The third-order valence-electron chi connectivity index (χ3n) is 6.74. The summed E-state index contributed by atoms with van der Waals surface area (Å²) >= 11 is 0. The van der Waals surface area contributed by atoms with E-state index in [4.69, 9.17) is 28.4 Å². The molecule has 0 aromatic carbocycles. The summed E-state index contributed by atoms with van der Waals surface area (Å²) in [5.41, 5.74) is 0. The number of carbonyl (C=O) groups excluding carboxylic acids is 1. The summed E-state index contributed by atoms with van der Waals surface area (Å²) in [6.07, 6.45) is -21.6. The molecule has 3 saturated heterocycles. The Balaban J connectivity index is 1.85. The van der Waals surface area contributed by atoms with Crippen LogP contribution < -0.4 is 5.32 Å². The topological polar surface area (TPSA) is 267 Å². The molecular formula is C21H37NO16. The smallest absolute Gasteiger partial charge is 0.217 e. The maximum atomic E-state index is 11.9. The molecule has 222 valence electrons. The van der Waals surface area contributed by atoms with E-state index < -0.39 is 118 Å². The number of methoxy groups -OCH3 is 1. The molecule has 3 heterocycles. The third-order valence-corrected chi connectivity index (χ3v) is 6.74. The fraction of sp³-hybridized carbons (Fsp3) is 0.952. The average molecular weight is 560 g/mol. The van der Waals surface area contributed by atoms with Crippen molar-refractivity contribution >= 4 is 5.91 Å². The van der Waals surface area contributed by atoms with E-state index in [9.17, 15) is 50.8 Å². The zero-order valence-corrected chi connectivity index (χ0v) is 20.7. The number of ether oxygens (including phenoxy) is 6. The van der Waals surface area contributed by atoms with Gasteiger partial charge in [-0.1, -0.05) is 0 Å². The van der Waals surface area contributed by atoms with Crippen molar-refractivity contribution in [1.82, 2.24) is 5.32 Å². The Morgan fingerprint density at radius 2 is 1.24 bits per heavy atom. The third kappa shape index (κ3) is 6.43. The zero-order chi connectivity index (χ0) is 28.3. The zero-order valence-electron chi connectivity index (χ0n) is 20.7. The quantitative estimate of drug-likeness (QED) is 0.126. The summed E-state index contributed by atoms with van der Waals surface area (Å²) in [5.74, 6) is -0.656. The summed E-state index contributed by atoms with van der Waals surface area (Å²) < 4.78 is 32.7. The Morgan fingerprint density at radius 3 is 1.79 bits per heavy atom. The molecule has 0 aliphatic carbocycles. The van der Waals surface area contributed by atoms with Gasteiger partial charge in [0.25, 0.3) is 0 Å². The van der Waals surface area contributed by atoms with Crippen molar-refractivity contribution in [2.45, 2.75) is 99.0 Å². The number of aliphatic hydroxyl groups excluding tert-OH is 9. The summed E-state index contributed by atoms with van der Waals surface area (Å²) in [7, 11) is 1.19. The minimum absolute atomic E-state index is 0.656. The van der Waals surface area contributed by atoms with Crippen LogP contribution >= 0.6 is 0 Å². The Morgan fingerprint density at radius 1 is 0.684 bits per heavy atom. The summed E-state index contributed by atoms with van der Waals surface area (Å²) in [4.78, 5) is 11.9. The first kappa shape index (κ1) is 31.4. The lowest BCUT2D eigenvalue weighted by atomic mass is 9.94. The van der Waals surface area contributed by atoms with Crippen LogP contribution in [0.1, 0.15) is 6.92 Å². The van der Waals surface area contributed by atoms with Gasteiger partial charge in [0.15, 0.2) is 18.9 Å². The van der Waals surface area contributed by atoms with Crippen molar-refractivity contribution in [1.29, 1.82) is 0 Å². The maximum absolute atomic E-state index is 11.9. The van der Waals surface area contributed by atoms with Crippen LogP contribution in [-0.2, 0) is 33.2 Å². The molecule has 3 fully saturated rings. The van der Waals surface area contributed by atoms with Gasteiger partial charge in [-0.25, -0.2) is 0 Å². The summed E-state index contributed by atoms with van der Waals surface area (Å²) in [5, 5.41) is 93.7. The standard InChI is InChI=1S/C21H37NO16/c1-6(26)22-10-13(29)16(37-21-18(33-2)14(30)11(27)7(3-23)35-21)9(5-25)36-20(10)38-17-12(28)8(4-24)34-19(32)15(17)31/h7-21,23-25,27-32H,3-5H2,1-2H3,(H,22,26)/t7-,8-,9-,10-,11+,12+,13-,14+,15-,16-,17+,18-,19-,20+,21+/m1/s1. The first-order valence-corrected chi connectivity index (χ1v) is 12.0. The van der Waals surface area contributed by atoms with Crippen LogP contribution in [-0.4, -0.2) is 171 Å². The number of aliphatic hydroxyl groups is 9. The van der Waals surface area contributed by atoms with E-state index in [0.717, 1.165) is 6.92 Å². The lowest BCUT2D eigenvalue weighted by Gasteiger charge is -2.49. The summed E-state index contributed by atoms with van der Waals surface area (Å²) in [6, 6.07) is -1.44. The highest BCUT2D eigenvalue weighted by Gasteiger charge is 2.54. The fourth-order valence-corrected chi connectivity index (χ4v) is 4.69. The fourth-order valence-electron chi connectivity index (χ4n) is 4.69. The largest absolute Gasteiger partial charge is 0.394 e. The molecule has 10 N–H and O–H groups in total. The molecule has 3 rings (SSSR count). The van der Waals surface area contributed by atoms with Gasteiger partial charge in [0.05, 0.1) is 19.8 Å². The highest BCUT2D eigenvalue weighted by Crippen LogP contribution is 2.32. The number of amides is 1. The Labute approximate surface area is 217 Å². The van der Waals surface area contributed by atoms with Crippen molar-refractivity contribution in [3.63, 3.8) is 0 Å². The van der Waals surface area contributed by atoms with Gasteiger partial charge in [0.1, 0.15) is 73.2 Å². The lowest BCUT2D eigenvalue weighted by molar-refractivity contribution is -0.366. The molecular weight excluding hydrogens is 522 g/mol. The molecule has 17 nitrogen and oxygen atoms in total. The minimum Gasteiger partial charge on any atom is -0.394 e. The van der Waals surface area contributed by atoms with Crippen LogP contribution in [0.4, 0.5) is 0 Å². The van der Waals surface area contributed by atoms with Gasteiger partial charge in [-0.3, -0.25) is 4.79 Å². The summed E-state index contributed by atoms with van der Waals surface area (Å²) in [6.45, 7) is -1.09. The molecule has 0 unspecified atom stereocenters. The van der Waals surface area contributed by atoms with E-state index in [-0.39, 0.29) is 0 Å². The Kier molecular flexibility index (Phi) is 11.1. The second-order valence-electron chi connectivity index (χ2n) is 9.28. The SMILES string of the molecule is CO[C@H]1[C@H](O[C@H]2[C@H](O)[C@@H](NC(C)=O)[C@H](O[C@@H]3[C@@H](O)[C@H](O)O[C@H](CO)[C@@H]3O)O[C@@H]2CO)O[C@H](CO)[C@H](O)[C@@H]1O. The molecule has 0 bridgehead atoms. The first-order valence-electron chi connectivity index (χ1n) is 12.0. The molecule has 0 spiro atoms. The number of hydrogen-bond donors (Lipinski definition) is 10. The highest BCUT2D eigenvalue weighted by molar-refractivity contribution is 5.73. The van der Waals surface area contributed by atoms with Gasteiger partial charge in [-0.15, -0.1) is 0 Å². The Hall–Kier alpha value is -1.13.